The molecule has 2 aromatic heterocycles. The van der Waals surface area contributed by atoms with Gasteiger partial charge >= 0.3 is 0 Å². The topological polar surface area (TPSA) is 35.0 Å². The maximum atomic E-state index is 5.57. The number of nitrogens with zero attached hydrogens (tertiary/aromatic N) is 2. The second-order valence-corrected chi connectivity index (χ2v) is 4.96. The molecule has 0 aromatic carbocycles. The molecule has 0 N–H and O–H groups in total. The Morgan fingerprint density at radius 2 is 2.31 bits per heavy atom. The van der Waals surface area contributed by atoms with Crippen molar-refractivity contribution in [2.45, 2.75) is 25.9 Å². The summed E-state index contributed by atoms with van der Waals surface area (Å²) in [5, 5.41) is 1.07. The lowest BCUT2D eigenvalue weighted by Gasteiger charge is -2.01. The van der Waals surface area contributed by atoms with Gasteiger partial charge in [0, 0.05) is 17.1 Å². The van der Waals surface area contributed by atoms with Gasteiger partial charge in [-0.1, -0.05) is 6.07 Å². The Morgan fingerprint density at radius 1 is 1.31 bits per heavy atom. The average molecular weight is 232 g/mol. The highest BCUT2D eigenvalue weighted by Gasteiger charge is 2.16. The molecule has 0 radical (unpaired) electrons. The molecule has 0 aliphatic heterocycles. The lowest BCUT2D eigenvalue weighted by molar-refractivity contribution is 0.293. The zero-order chi connectivity index (χ0) is 10.8. The van der Waals surface area contributed by atoms with Crippen molar-refractivity contribution in [2.24, 2.45) is 0 Å². The summed E-state index contributed by atoms with van der Waals surface area (Å²) < 4.78 is 5.57. The highest BCUT2D eigenvalue weighted by atomic mass is 32.1. The van der Waals surface area contributed by atoms with Crippen molar-refractivity contribution in [1.82, 2.24) is 9.97 Å². The molecule has 82 valence electrons. The van der Waals surface area contributed by atoms with E-state index < -0.39 is 0 Å². The van der Waals surface area contributed by atoms with Crippen LogP contribution in [0.25, 0.3) is 0 Å². The van der Waals surface area contributed by atoms with Gasteiger partial charge in [-0.25, -0.2) is 9.97 Å². The van der Waals surface area contributed by atoms with Gasteiger partial charge in [-0.3, -0.25) is 0 Å². The normalized spacial score (nSPS) is 13.8. The molecule has 0 spiro atoms. The predicted molar refractivity (Wildman–Crippen MR) is 62.7 cm³/mol. The lowest BCUT2D eigenvalue weighted by Crippen LogP contribution is -1.96. The molecule has 2 heterocycles. The second-order valence-electron chi connectivity index (χ2n) is 3.79. The number of aryl methyl sites for hydroxylation is 2. The molecule has 1 aliphatic rings. The number of aromatic nitrogens is 2. The van der Waals surface area contributed by atoms with Crippen molar-refractivity contribution >= 4 is 11.3 Å². The van der Waals surface area contributed by atoms with E-state index in [1.807, 2.05) is 18.2 Å². The highest BCUT2D eigenvalue weighted by molar-refractivity contribution is 7.11. The van der Waals surface area contributed by atoms with Crippen molar-refractivity contribution in [1.29, 1.82) is 0 Å². The summed E-state index contributed by atoms with van der Waals surface area (Å²) in [6.07, 6.45) is 5.32. The molecule has 0 unspecified atom stereocenters. The first-order valence-electron chi connectivity index (χ1n) is 5.43. The third kappa shape index (κ3) is 1.93. The molecule has 0 atom stereocenters. The van der Waals surface area contributed by atoms with Crippen molar-refractivity contribution in [2.75, 3.05) is 0 Å². The van der Waals surface area contributed by atoms with Gasteiger partial charge in [0.05, 0.1) is 5.69 Å². The number of hydrogen-bond acceptors (Lipinski definition) is 4. The largest absolute Gasteiger partial charge is 0.470 e. The smallest absolute Gasteiger partial charge is 0.213 e. The number of ether oxygens (including phenoxy) is 1. The summed E-state index contributed by atoms with van der Waals surface area (Å²) in [6, 6.07) is 5.66. The molecule has 16 heavy (non-hydrogen) atoms. The standard InChI is InChI=1S/C12H12N2OS/c1-2-7-13-11(6-1)15-8-12-14-9-4-3-5-10(9)16-12/h1-2,6-7H,3-5,8H2. The van der Waals surface area contributed by atoms with Crippen LogP contribution in [-0.4, -0.2) is 9.97 Å². The van der Waals surface area contributed by atoms with Gasteiger partial charge in [-0.2, -0.15) is 0 Å². The highest BCUT2D eigenvalue weighted by Crippen LogP contribution is 2.27. The predicted octanol–water partition coefficient (Wildman–Crippen LogP) is 2.61. The molecular weight excluding hydrogens is 220 g/mol. The maximum absolute atomic E-state index is 5.57. The van der Waals surface area contributed by atoms with E-state index >= 15 is 0 Å². The summed E-state index contributed by atoms with van der Waals surface area (Å²) in [4.78, 5) is 10.1. The fourth-order valence-electron chi connectivity index (χ4n) is 1.87. The van der Waals surface area contributed by atoms with Crippen LogP contribution in [0.3, 0.4) is 0 Å². The molecule has 0 fully saturated rings. The van der Waals surface area contributed by atoms with Gasteiger partial charge in [0.15, 0.2) is 0 Å². The van der Waals surface area contributed by atoms with Crippen molar-refractivity contribution in [3.8, 4) is 5.88 Å². The summed E-state index contributed by atoms with van der Waals surface area (Å²) in [5.41, 5.74) is 1.28. The maximum Gasteiger partial charge on any atom is 0.213 e. The summed E-state index contributed by atoms with van der Waals surface area (Å²) >= 11 is 1.78. The van der Waals surface area contributed by atoms with Crippen LogP contribution in [-0.2, 0) is 19.4 Å². The van der Waals surface area contributed by atoms with E-state index in [0.717, 1.165) is 11.4 Å². The van der Waals surface area contributed by atoms with Gasteiger partial charge in [0.2, 0.25) is 5.88 Å². The average Bonchev–Trinajstić information content (AvgIpc) is 2.88. The molecule has 0 saturated carbocycles. The fourth-order valence-corrected chi connectivity index (χ4v) is 2.94. The molecule has 4 heteroatoms. The van der Waals surface area contributed by atoms with Crippen LogP contribution in [0.2, 0.25) is 0 Å². The minimum absolute atomic E-state index is 0.536. The Morgan fingerprint density at radius 3 is 3.12 bits per heavy atom. The third-order valence-electron chi connectivity index (χ3n) is 2.62. The van der Waals surface area contributed by atoms with E-state index in [0.29, 0.717) is 12.5 Å². The van der Waals surface area contributed by atoms with Crippen LogP contribution in [0.15, 0.2) is 24.4 Å². The zero-order valence-corrected chi connectivity index (χ0v) is 9.67. The van der Waals surface area contributed by atoms with Crippen LogP contribution in [0, 0.1) is 0 Å². The van der Waals surface area contributed by atoms with E-state index in [2.05, 4.69) is 9.97 Å². The summed E-state index contributed by atoms with van der Waals surface area (Å²) in [5.74, 6) is 0.665. The number of fused-ring (bicyclic) bond motifs is 1. The first-order valence-corrected chi connectivity index (χ1v) is 6.25. The Bertz CT molecular complexity index is 460. The molecule has 1 aliphatic carbocycles. The van der Waals surface area contributed by atoms with E-state index in [1.165, 1.54) is 23.4 Å². The Balaban J connectivity index is 1.67. The van der Waals surface area contributed by atoms with E-state index in [9.17, 15) is 0 Å². The van der Waals surface area contributed by atoms with Gasteiger partial charge in [0.1, 0.15) is 11.6 Å². The van der Waals surface area contributed by atoms with Crippen LogP contribution in [0.1, 0.15) is 22.0 Å². The molecule has 0 saturated heterocycles. The lowest BCUT2D eigenvalue weighted by atomic mass is 10.4. The number of pyridine rings is 1. The van der Waals surface area contributed by atoms with Gasteiger partial charge in [0.25, 0.3) is 0 Å². The van der Waals surface area contributed by atoms with E-state index in [1.54, 1.807) is 17.5 Å². The van der Waals surface area contributed by atoms with Crippen molar-refractivity contribution < 1.29 is 4.74 Å². The van der Waals surface area contributed by atoms with Gasteiger partial charge in [-0.05, 0) is 25.3 Å². The molecule has 3 rings (SSSR count). The Labute approximate surface area is 98.1 Å². The fraction of sp³-hybridized carbons (Fsp3) is 0.333. The minimum Gasteiger partial charge on any atom is -0.470 e. The minimum atomic E-state index is 0.536. The van der Waals surface area contributed by atoms with Crippen LogP contribution in [0.4, 0.5) is 0 Å². The second kappa shape index (κ2) is 4.22. The Kier molecular flexibility index (Phi) is 2.58. The van der Waals surface area contributed by atoms with Crippen LogP contribution in [0.5, 0.6) is 5.88 Å². The first-order chi connectivity index (χ1) is 7.92. The van der Waals surface area contributed by atoms with Crippen LogP contribution < -0.4 is 4.74 Å². The first kappa shape index (κ1) is 9.78. The molecule has 0 amide bonds. The quantitative estimate of drug-likeness (QED) is 0.816. The third-order valence-corrected chi connectivity index (χ3v) is 3.75. The van der Waals surface area contributed by atoms with E-state index in [-0.39, 0.29) is 0 Å². The van der Waals surface area contributed by atoms with Crippen LogP contribution >= 0.6 is 11.3 Å². The number of rotatable bonds is 3. The molecular formula is C12H12N2OS. The number of hydrogen-bond donors (Lipinski definition) is 0. The molecule has 2 aromatic rings. The Hall–Kier alpha value is -1.42. The van der Waals surface area contributed by atoms with Crippen molar-refractivity contribution in [3.05, 3.63) is 40.0 Å². The summed E-state index contributed by atoms with van der Waals surface area (Å²) in [6.45, 7) is 0.536. The zero-order valence-electron chi connectivity index (χ0n) is 8.85. The SMILES string of the molecule is c1ccc(OCc2nc3c(s2)CCC3)nc1. The summed E-state index contributed by atoms with van der Waals surface area (Å²) in [7, 11) is 0. The van der Waals surface area contributed by atoms with Gasteiger partial charge in [-0.15, -0.1) is 11.3 Å². The molecule has 0 bridgehead atoms. The monoisotopic (exact) mass is 232 g/mol. The van der Waals surface area contributed by atoms with Gasteiger partial charge < -0.3 is 4.74 Å². The number of thiazole rings is 1. The van der Waals surface area contributed by atoms with Crippen molar-refractivity contribution in [3.63, 3.8) is 0 Å². The van der Waals surface area contributed by atoms with E-state index in [4.69, 9.17) is 4.74 Å². The molecule has 3 nitrogen and oxygen atoms in total.